The Morgan fingerprint density at radius 2 is 1.97 bits per heavy atom. The van der Waals surface area contributed by atoms with Gasteiger partial charge in [-0.25, -0.2) is 4.98 Å². The van der Waals surface area contributed by atoms with Crippen LogP contribution in [-0.2, 0) is 17.6 Å². The number of hydrogen-bond acceptors (Lipinski definition) is 5. The summed E-state index contributed by atoms with van der Waals surface area (Å²) in [6.45, 7) is 6.34. The molecule has 2 heterocycles. The number of thioether (sulfide) groups is 1. The fourth-order valence-corrected chi connectivity index (χ4v) is 6.66. The Labute approximate surface area is 207 Å². The lowest BCUT2D eigenvalue weighted by atomic mass is 9.89. The van der Waals surface area contributed by atoms with Gasteiger partial charge in [0.05, 0.1) is 16.8 Å². The quantitative estimate of drug-likeness (QED) is 0.279. The molecule has 0 bridgehead atoms. The van der Waals surface area contributed by atoms with Crippen molar-refractivity contribution in [2.24, 2.45) is 5.92 Å². The van der Waals surface area contributed by atoms with Gasteiger partial charge in [0.15, 0.2) is 5.16 Å². The van der Waals surface area contributed by atoms with Crippen LogP contribution in [0.5, 0.6) is 0 Å². The highest BCUT2D eigenvalue weighted by atomic mass is 32.2. The highest BCUT2D eigenvalue weighted by molar-refractivity contribution is 7.99. The largest absolute Gasteiger partial charge is 0.325 e. The van der Waals surface area contributed by atoms with Gasteiger partial charge in [0, 0.05) is 10.6 Å². The van der Waals surface area contributed by atoms with Crippen LogP contribution in [0.1, 0.15) is 34.9 Å². The van der Waals surface area contributed by atoms with Gasteiger partial charge in [-0.3, -0.25) is 14.2 Å². The molecule has 2 aromatic carbocycles. The molecule has 174 valence electrons. The highest BCUT2D eigenvalue weighted by Gasteiger charge is 2.25. The van der Waals surface area contributed by atoms with E-state index >= 15 is 0 Å². The molecule has 0 aliphatic heterocycles. The molecule has 34 heavy (non-hydrogen) atoms. The van der Waals surface area contributed by atoms with Crippen molar-refractivity contribution in [1.82, 2.24) is 9.55 Å². The second-order valence-electron chi connectivity index (χ2n) is 9.04. The molecule has 1 aliphatic rings. The predicted octanol–water partition coefficient (Wildman–Crippen LogP) is 5.92. The van der Waals surface area contributed by atoms with Crippen LogP contribution in [0.3, 0.4) is 0 Å². The topological polar surface area (TPSA) is 64.0 Å². The number of hydrogen-bond donors (Lipinski definition) is 1. The molecule has 0 spiro atoms. The maximum atomic E-state index is 13.8. The molecule has 0 radical (unpaired) electrons. The van der Waals surface area contributed by atoms with Crippen molar-refractivity contribution in [3.8, 4) is 5.69 Å². The Morgan fingerprint density at radius 3 is 2.74 bits per heavy atom. The first kappa shape index (κ1) is 22.9. The standard InChI is InChI=1S/C27H27N3O2S2/c1-16-9-12-21-22(13-16)34-25-24(21)26(32)30(20-7-5-4-6-8-20)27(29-25)33-15-23(31)28-19-11-10-17(2)18(3)14-19/h4-8,10-11,14,16H,9,12-13,15H2,1-3H3,(H,28,31)/t16-/m0/s1. The Kier molecular flexibility index (Phi) is 6.32. The Balaban J connectivity index is 1.50. The van der Waals surface area contributed by atoms with E-state index in [-0.39, 0.29) is 17.2 Å². The Hall–Kier alpha value is -2.90. The smallest absolute Gasteiger partial charge is 0.267 e. The minimum Gasteiger partial charge on any atom is -0.325 e. The van der Waals surface area contributed by atoms with Crippen molar-refractivity contribution in [1.29, 1.82) is 0 Å². The van der Waals surface area contributed by atoms with Gasteiger partial charge >= 0.3 is 0 Å². The first-order chi connectivity index (χ1) is 16.4. The SMILES string of the molecule is Cc1ccc(NC(=O)CSc2nc3sc4c(c3c(=O)n2-c2ccccc2)CC[C@H](C)C4)cc1C. The van der Waals surface area contributed by atoms with Gasteiger partial charge in [-0.1, -0.05) is 43.0 Å². The number of aryl methyl sites for hydroxylation is 3. The van der Waals surface area contributed by atoms with Crippen LogP contribution in [0, 0.1) is 19.8 Å². The second kappa shape index (κ2) is 9.39. The fourth-order valence-electron chi connectivity index (χ4n) is 4.42. The van der Waals surface area contributed by atoms with Crippen molar-refractivity contribution < 1.29 is 4.79 Å². The first-order valence-corrected chi connectivity index (χ1v) is 13.3. The summed E-state index contributed by atoms with van der Waals surface area (Å²) in [7, 11) is 0. The lowest BCUT2D eigenvalue weighted by molar-refractivity contribution is -0.113. The molecule has 0 fully saturated rings. The predicted molar refractivity (Wildman–Crippen MR) is 142 cm³/mol. The molecule has 1 aliphatic carbocycles. The minimum absolute atomic E-state index is 0.0414. The average Bonchev–Trinajstić information content (AvgIpc) is 3.18. The van der Waals surface area contributed by atoms with Gasteiger partial charge in [0.1, 0.15) is 4.83 Å². The van der Waals surface area contributed by atoms with Crippen molar-refractivity contribution in [3.63, 3.8) is 0 Å². The average molecular weight is 490 g/mol. The molecule has 5 rings (SSSR count). The molecule has 1 N–H and O–H groups in total. The van der Waals surface area contributed by atoms with Gasteiger partial charge < -0.3 is 5.32 Å². The number of carbonyl (C=O) groups is 1. The monoisotopic (exact) mass is 489 g/mol. The molecule has 1 amide bonds. The van der Waals surface area contributed by atoms with Crippen LogP contribution >= 0.6 is 23.1 Å². The van der Waals surface area contributed by atoms with E-state index in [9.17, 15) is 9.59 Å². The number of para-hydroxylation sites is 1. The number of nitrogens with one attached hydrogen (secondary N) is 1. The van der Waals surface area contributed by atoms with Gasteiger partial charge in [-0.05, 0) is 80.0 Å². The molecule has 1 atom stereocenters. The minimum atomic E-state index is -0.124. The Bertz CT molecular complexity index is 1440. The molecule has 2 aromatic heterocycles. The first-order valence-electron chi connectivity index (χ1n) is 11.5. The second-order valence-corrected chi connectivity index (χ2v) is 11.1. The van der Waals surface area contributed by atoms with Gasteiger partial charge in [0.25, 0.3) is 5.56 Å². The van der Waals surface area contributed by atoms with Crippen molar-refractivity contribution in [2.75, 3.05) is 11.1 Å². The number of benzene rings is 2. The lowest BCUT2D eigenvalue weighted by Crippen LogP contribution is -2.23. The van der Waals surface area contributed by atoms with E-state index in [1.54, 1.807) is 15.9 Å². The highest BCUT2D eigenvalue weighted by Crippen LogP contribution is 2.37. The summed E-state index contributed by atoms with van der Waals surface area (Å²) in [6.07, 6.45) is 3.02. The van der Waals surface area contributed by atoms with Crippen LogP contribution in [0.15, 0.2) is 58.5 Å². The number of aromatic nitrogens is 2. The zero-order valence-corrected chi connectivity index (χ0v) is 21.2. The number of nitrogens with zero attached hydrogens (tertiary/aromatic N) is 2. The van der Waals surface area contributed by atoms with Crippen LogP contribution in [0.2, 0.25) is 0 Å². The summed E-state index contributed by atoms with van der Waals surface area (Å²) in [5, 5.41) is 4.26. The Morgan fingerprint density at radius 1 is 1.18 bits per heavy atom. The number of thiophene rings is 1. The molecule has 4 aromatic rings. The van der Waals surface area contributed by atoms with Crippen LogP contribution in [0.25, 0.3) is 15.9 Å². The van der Waals surface area contributed by atoms with Crippen molar-refractivity contribution >= 4 is 44.9 Å². The van der Waals surface area contributed by atoms with Gasteiger partial charge in [-0.15, -0.1) is 11.3 Å². The summed E-state index contributed by atoms with van der Waals surface area (Å²) in [5.74, 6) is 0.668. The maximum absolute atomic E-state index is 13.8. The van der Waals surface area contributed by atoms with E-state index in [4.69, 9.17) is 4.98 Å². The van der Waals surface area contributed by atoms with Crippen LogP contribution in [0.4, 0.5) is 5.69 Å². The summed E-state index contributed by atoms with van der Waals surface area (Å²) in [5.41, 5.74) is 4.99. The molecule has 0 unspecified atom stereocenters. The third kappa shape index (κ3) is 4.42. The molecular formula is C27H27N3O2S2. The lowest BCUT2D eigenvalue weighted by Gasteiger charge is -2.17. The van der Waals surface area contributed by atoms with Crippen molar-refractivity contribution in [3.05, 3.63) is 80.5 Å². The summed E-state index contributed by atoms with van der Waals surface area (Å²) in [6, 6.07) is 15.5. The maximum Gasteiger partial charge on any atom is 0.267 e. The summed E-state index contributed by atoms with van der Waals surface area (Å²) in [4.78, 5) is 33.5. The molecule has 7 heteroatoms. The molecule has 5 nitrogen and oxygen atoms in total. The zero-order chi connectivity index (χ0) is 23.8. The van der Waals surface area contributed by atoms with E-state index in [1.165, 1.54) is 27.8 Å². The van der Waals surface area contributed by atoms with E-state index in [1.807, 2.05) is 62.4 Å². The number of anilines is 1. The van der Waals surface area contributed by atoms with Crippen LogP contribution < -0.4 is 10.9 Å². The summed E-state index contributed by atoms with van der Waals surface area (Å²) >= 11 is 2.94. The van der Waals surface area contributed by atoms with E-state index in [0.717, 1.165) is 46.4 Å². The molecule has 0 saturated carbocycles. The van der Waals surface area contributed by atoms with Crippen LogP contribution in [-0.4, -0.2) is 21.2 Å². The third-order valence-corrected chi connectivity index (χ3v) is 8.52. The summed E-state index contributed by atoms with van der Waals surface area (Å²) < 4.78 is 1.67. The normalized spacial score (nSPS) is 15.3. The molecule has 0 saturated heterocycles. The number of amides is 1. The number of rotatable bonds is 5. The van der Waals surface area contributed by atoms with E-state index in [2.05, 4.69) is 12.2 Å². The third-order valence-electron chi connectivity index (χ3n) is 6.44. The van der Waals surface area contributed by atoms with E-state index < -0.39 is 0 Å². The van der Waals surface area contributed by atoms with E-state index in [0.29, 0.717) is 11.1 Å². The number of fused-ring (bicyclic) bond motifs is 3. The molecular weight excluding hydrogens is 462 g/mol. The fraction of sp³-hybridized carbons (Fsp3) is 0.296. The number of carbonyl (C=O) groups excluding carboxylic acids is 1. The zero-order valence-electron chi connectivity index (χ0n) is 19.6. The van der Waals surface area contributed by atoms with Crippen molar-refractivity contribution in [2.45, 2.75) is 45.2 Å². The van der Waals surface area contributed by atoms with Gasteiger partial charge in [0.2, 0.25) is 5.91 Å². The van der Waals surface area contributed by atoms with Gasteiger partial charge in [-0.2, -0.15) is 0 Å².